The molecule has 134 valence electrons. The van der Waals surface area contributed by atoms with Crippen LogP contribution in [0.1, 0.15) is 18.1 Å². The van der Waals surface area contributed by atoms with Crippen molar-refractivity contribution >= 4 is 46.2 Å². The second-order valence-corrected chi connectivity index (χ2v) is 7.01. The molecule has 0 saturated carbocycles. The Labute approximate surface area is 160 Å². The Balaban J connectivity index is 1.86. The summed E-state index contributed by atoms with van der Waals surface area (Å²) in [6.07, 6.45) is 2.52. The summed E-state index contributed by atoms with van der Waals surface area (Å²) in [5, 5.41) is 13.8. The molecule has 1 saturated heterocycles. The van der Waals surface area contributed by atoms with Crippen LogP contribution in [0.3, 0.4) is 0 Å². The number of carbonyl (C=O) groups excluding carboxylic acids is 1. The van der Waals surface area contributed by atoms with Gasteiger partial charge in [0.15, 0.2) is 16.7 Å². The van der Waals surface area contributed by atoms with E-state index in [-0.39, 0.29) is 17.4 Å². The number of benzene rings is 2. The number of thioether (sulfide) groups is 1. The quantitative estimate of drug-likeness (QED) is 0.756. The summed E-state index contributed by atoms with van der Waals surface area (Å²) in [5.41, 5.74) is 2.39. The molecule has 0 bridgehead atoms. The first-order valence-electron chi connectivity index (χ1n) is 7.95. The van der Waals surface area contributed by atoms with Crippen molar-refractivity contribution in [2.24, 2.45) is 4.99 Å². The molecule has 3 rings (SSSR count). The van der Waals surface area contributed by atoms with Crippen LogP contribution in [-0.4, -0.2) is 23.3 Å². The van der Waals surface area contributed by atoms with Crippen LogP contribution in [0.2, 0.25) is 5.02 Å². The summed E-state index contributed by atoms with van der Waals surface area (Å²) in [6, 6.07) is 10.9. The van der Waals surface area contributed by atoms with Crippen molar-refractivity contribution in [3.8, 4) is 11.5 Å². The molecule has 2 N–H and O–H groups in total. The molecule has 1 amide bonds. The molecule has 0 aliphatic carbocycles. The number of aromatic hydroxyl groups is 1. The maximum Gasteiger partial charge on any atom is 0.264 e. The number of hydrogen-bond acceptors (Lipinski definition) is 5. The van der Waals surface area contributed by atoms with E-state index in [0.717, 1.165) is 12.1 Å². The zero-order valence-electron chi connectivity index (χ0n) is 14.2. The molecule has 1 aliphatic heterocycles. The van der Waals surface area contributed by atoms with Crippen LogP contribution in [0, 0.1) is 0 Å². The molecule has 7 heteroatoms. The predicted molar refractivity (Wildman–Crippen MR) is 106 cm³/mol. The number of amidine groups is 1. The highest BCUT2D eigenvalue weighted by Crippen LogP contribution is 2.37. The van der Waals surface area contributed by atoms with Crippen LogP contribution < -0.4 is 10.1 Å². The maximum atomic E-state index is 12.2. The molecular formula is C19H17ClN2O3S. The van der Waals surface area contributed by atoms with Crippen molar-refractivity contribution in [3.05, 3.63) is 57.5 Å². The predicted octanol–water partition coefficient (Wildman–Crippen LogP) is 4.51. The number of amides is 1. The van der Waals surface area contributed by atoms with Gasteiger partial charge in [0.05, 0.1) is 17.7 Å². The molecule has 0 unspecified atom stereocenters. The number of phenols is 1. The van der Waals surface area contributed by atoms with Crippen molar-refractivity contribution < 1.29 is 14.6 Å². The fourth-order valence-corrected chi connectivity index (χ4v) is 3.45. The minimum absolute atomic E-state index is 0.0710. The largest absolute Gasteiger partial charge is 0.504 e. The molecule has 2 aromatic rings. The molecule has 2 aromatic carbocycles. The first-order chi connectivity index (χ1) is 12.5. The fourth-order valence-electron chi connectivity index (χ4n) is 2.41. The van der Waals surface area contributed by atoms with Crippen LogP contribution >= 0.6 is 23.4 Å². The first kappa shape index (κ1) is 18.4. The van der Waals surface area contributed by atoms with Crippen molar-refractivity contribution in [3.63, 3.8) is 0 Å². The van der Waals surface area contributed by atoms with E-state index in [1.165, 1.54) is 30.5 Å². The zero-order chi connectivity index (χ0) is 18.7. The lowest BCUT2D eigenvalue weighted by atomic mass is 10.1. The normalized spacial score (nSPS) is 17.0. The third-order valence-electron chi connectivity index (χ3n) is 3.80. The van der Waals surface area contributed by atoms with Crippen LogP contribution in [0.15, 0.2) is 46.3 Å². The van der Waals surface area contributed by atoms with Gasteiger partial charge < -0.3 is 15.2 Å². The second-order valence-electron chi connectivity index (χ2n) is 5.55. The Bertz CT molecular complexity index is 908. The van der Waals surface area contributed by atoms with Crippen LogP contribution in [0.4, 0.5) is 5.69 Å². The molecule has 26 heavy (non-hydrogen) atoms. The Morgan fingerprint density at radius 2 is 2.04 bits per heavy atom. The van der Waals surface area contributed by atoms with E-state index < -0.39 is 0 Å². The maximum absolute atomic E-state index is 12.2. The molecule has 5 nitrogen and oxygen atoms in total. The van der Waals surface area contributed by atoms with Gasteiger partial charge in [-0.1, -0.05) is 30.7 Å². The van der Waals surface area contributed by atoms with Gasteiger partial charge in [-0.3, -0.25) is 4.79 Å². The van der Waals surface area contributed by atoms with Crippen LogP contribution in [0.25, 0.3) is 6.08 Å². The lowest BCUT2D eigenvalue weighted by Crippen LogP contribution is -2.19. The number of nitrogens with one attached hydrogen (secondary N) is 1. The molecular weight excluding hydrogens is 372 g/mol. The highest BCUT2D eigenvalue weighted by Gasteiger charge is 2.24. The zero-order valence-corrected chi connectivity index (χ0v) is 15.8. The molecule has 0 atom stereocenters. The Morgan fingerprint density at radius 3 is 2.69 bits per heavy atom. The van der Waals surface area contributed by atoms with Crippen molar-refractivity contribution in [2.45, 2.75) is 13.3 Å². The second kappa shape index (κ2) is 7.85. The number of rotatable bonds is 4. The van der Waals surface area contributed by atoms with Gasteiger partial charge in [0, 0.05) is 16.7 Å². The molecule has 1 heterocycles. The van der Waals surface area contributed by atoms with E-state index >= 15 is 0 Å². The Hall–Kier alpha value is -2.44. The van der Waals surface area contributed by atoms with Gasteiger partial charge in [-0.2, -0.15) is 0 Å². The van der Waals surface area contributed by atoms with E-state index in [0.29, 0.717) is 20.7 Å². The number of halogens is 1. The summed E-state index contributed by atoms with van der Waals surface area (Å²) >= 11 is 7.23. The molecule has 0 radical (unpaired) electrons. The van der Waals surface area contributed by atoms with Gasteiger partial charge in [0.1, 0.15) is 0 Å². The number of hydrogen-bond donors (Lipinski definition) is 2. The van der Waals surface area contributed by atoms with Gasteiger partial charge >= 0.3 is 0 Å². The fraction of sp³-hybridized carbons (Fsp3) is 0.158. The first-order valence-corrected chi connectivity index (χ1v) is 9.14. The SMILES string of the molecule is CCc1ccc(N=C2NC(=O)/C(=C/c3cc(Cl)cc(OC)c3O)S2)cc1. The van der Waals surface area contributed by atoms with E-state index in [4.69, 9.17) is 16.3 Å². The molecule has 0 spiro atoms. The van der Waals surface area contributed by atoms with Crippen LogP contribution in [-0.2, 0) is 11.2 Å². The number of nitrogens with zero attached hydrogens (tertiary/aromatic N) is 1. The minimum Gasteiger partial charge on any atom is -0.504 e. The number of phenolic OH excluding ortho intramolecular Hbond substituents is 1. The van der Waals surface area contributed by atoms with Gasteiger partial charge in [-0.15, -0.1) is 0 Å². The summed E-state index contributed by atoms with van der Waals surface area (Å²) in [7, 11) is 1.44. The smallest absolute Gasteiger partial charge is 0.264 e. The summed E-state index contributed by atoms with van der Waals surface area (Å²) < 4.78 is 5.08. The number of aryl methyl sites for hydroxylation is 1. The van der Waals surface area contributed by atoms with E-state index in [2.05, 4.69) is 17.2 Å². The lowest BCUT2D eigenvalue weighted by molar-refractivity contribution is -0.115. The average Bonchev–Trinajstić information content (AvgIpc) is 2.97. The number of methoxy groups -OCH3 is 1. The van der Waals surface area contributed by atoms with Gasteiger partial charge in [-0.25, -0.2) is 4.99 Å². The third-order valence-corrected chi connectivity index (χ3v) is 4.93. The van der Waals surface area contributed by atoms with Crippen molar-refractivity contribution in [1.29, 1.82) is 0 Å². The standard InChI is InChI=1S/C19H17ClN2O3S/c1-3-11-4-6-14(7-5-11)21-19-22-18(24)16(26-19)9-12-8-13(20)10-15(25-2)17(12)23/h4-10,23H,3H2,1-2H3,(H,21,22,24)/b16-9-. The Kier molecular flexibility index (Phi) is 5.54. The summed E-state index contributed by atoms with van der Waals surface area (Å²) in [4.78, 5) is 17.1. The highest BCUT2D eigenvalue weighted by atomic mass is 35.5. The molecule has 0 aromatic heterocycles. The van der Waals surface area contributed by atoms with E-state index in [1.54, 1.807) is 12.1 Å². The van der Waals surface area contributed by atoms with Crippen LogP contribution in [0.5, 0.6) is 11.5 Å². The minimum atomic E-state index is -0.280. The highest BCUT2D eigenvalue weighted by molar-refractivity contribution is 8.18. The number of carbonyl (C=O) groups is 1. The summed E-state index contributed by atoms with van der Waals surface area (Å²) in [5.74, 6) is -0.103. The van der Waals surface area contributed by atoms with E-state index in [9.17, 15) is 9.90 Å². The van der Waals surface area contributed by atoms with Gasteiger partial charge in [-0.05, 0) is 48.0 Å². The van der Waals surface area contributed by atoms with E-state index in [1.807, 2.05) is 24.3 Å². The van der Waals surface area contributed by atoms with Crippen molar-refractivity contribution in [1.82, 2.24) is 5.32 Å². The monoisotopic (exact) mass is 388 g/mol. The van der Waals surface area contributed by atoms with Gasteiger partial charge in [0.25, 0.3) is 5.91 Å². The Morgan fingerprint density at radius 1 is 1.31 bits per heavy atom. The van der Waals surface area contributed by atoms with Gasteiger partial charge in [0.2, 0.25) is 0 Å². The van der Waals surface area contributed by atoms with Crippen molar-refractivity contribution in [2.75, 3.05) is 7.11 Å². The third kappa shape index (κ3) is 4.03. The molecule has 1 aliphatic rings. The number of ether oxygens (including phenoxy) is 1. The average molecular weight is 389 g/mol. The lowest BCUT2D eigenvalue weighted by Gasteiger charge is -2.07. The number of aliphatic imine (C=N–C) groups is 1. The molecule has 1 fully saturated rings. The topological polar surface area (TPSA) is 70.9 Å². The summed E-state index contributed by atoms with van der Waals surface area (Å²) in [6.45, 7) is 2.09.